The van der Waals surface area contributed by atoms with Gasteiger partial charge >= 0.3 is 5.97 Å². The SMILES string of the molecule is Cc1nnc(S/C(=C\c2ccccc2OCc2ccc(Cl)cc2Cl)C(=O)O)o1. The van der Waals surface area contributed by atoms with Crippen LogP contribution in [0.4, 0.5) is 0 Å². The van der Waals surface area contributed by atoms with Crippen LogP contribution in [0, 0.1) is 6.92 Å². The highest BCUT2D eigenvalue weighted by molar-refractivity contribution is 8.03. The average Bonchev–Trinajstić information content (AvgIpc) is 3.06. The maximum atomic E-state index is 11.6. The van der Waals surface area contributed by atoms with E-state index in [2.05, 4.69) is 10.2 Å². The van der Waals surface area contributed by atoms with Gasteiger partial charge in [-0.25, -0.2) is 4.79 Å². The van der Waals surface area contributed by atoms with Crippen molar-refractivity contribution in [2.75, 3.05) is 0 Å². The molecule has 0 atom stereocenters. The molecule has 0 aliphatic carbocycles. The topological polar surface area (TPSA) is 85.5 Å². The fourth-order valence-electron chi connectivity index (χ4n) is 2.22. The number of benzene rings is 2. The minimum Gasteiger partial charge on any atom is -0.488 e. The highest BCUT2D eigenvalue weighted by Crippen LogP contribution is 2.31. The van der Waals surface area contributed by atoms with Crippen LogP contribution < -0.4 is 4.74 Å². The molecule has 0 saturated carbocycles. The fraction of sp³-hybridized carbons (Fsp3) is 0.105. The van der Waals surface area contributed by atoms with Gasteiger partial charge in [0.15, 0.2) is 0 Å². The molecular formula is C19H14Cl2N2O4S. The van der Waals surface area contributed by atoms with E-state index in [1.54, 1.807) is 49.4 Å². The van der Waals surface area contributed by atoms with Crippen molar-refractivity contribution in [1.29, 1.82) is 0 Å². The number of hydrogen-bond donors (Lipinski definition) is 1. The van der Waals surface area contributed by atoms with E-state index in [4.69, 9.17) is 32.4 Å². The van der Waals surface area contributed by atoms with Gasteiger partial charge in [0.25, 0.3) is 5.22 Å². The zero-order valence-corrected chi connectivity index (χ0v) is 16.9. The molecule has 1 aromatic heterocycles. The van der Waals surface area contributed by atoms with Crippen molar-refractivity contribution in [1.82, 2.24) is 10.2 Å². The summed E-state index contributed by atoms with van der Waals surface area (Å²) in [5.41, 5.74) is 1.35. The molecule has 0 bridgehead atoms. The Morgan fingerprint density at radius 3 is 2.71 bits per heavy atom. The van der Waals surface area contributed by atoms with Crippen molar-refractivity contribution in [3.05, 3.63) is 74.4 Å². The molecule has 28 heavy (non-hydrogen) atoms. The lowest BCUT2D eigenvalue weighted by Gasteiger charge is -2.11. The Labute approximate surface area is 175 Å². The number of para-hydroxylation sites is 1. The molecule has 0 amide bonds. The van der Waals surface area contributed by atoms with Gasteiger partial charge in [-0.2, -0.15) is 0 Å². The number of carbonyl (C=O) groups is 1. The molecular weight excluding hydrogens is 423 g/mol. The molecule has 0 unspecified atom stereocenters. The van der Waals surface area contributed by atoms with E-state index in [-0.39, 0.29) is 16.7 Å². The van der Waals surface area contributed by atoms with Crippen LogP contribution in [-0.2, 0) is 11.4 Å². The average molecular weight is 437 g/mol. The minimum absolute atomic E-state index is 0.0178. The zero-order chi connectivity index (χ0) is 20.1. The zero-order valence-electron chi connectivity index (χ0n) is 14.6. The van der Waals surface area contributed by atoms with Crippen LogP contribution in [0.5, 0.6) is 5.75 Å². The summed E-state index contributed by atoms with van der Waals surface area (Å²) in [6.07, 6.45) is 1.49. The molecule has 1 heterocycles. The number of aryl methyl sites for hydroxylation is 1. The Balaban J connectivity index is 1.83. The van der Waals surface area contributed by atoms with E-state index in [0.29, 0.717) is 27.2 Å². The number of carboxylic acids is 1. The number of aromatic nitrogens is 2. The van der Waals surface area contributed by atoms with Crippen molar-refractivity contribution in [2.24, 2.45) is 0 Å². The molecule has 3 rings (SSSR count). The lowest BCUT2D eigenvalue weighted by molar-refractivity contribution is -0.131. The molecule has 0 fully saturated rings. The number of nitrogens with zero attached hydrogens (tertiary/aromatic N) is 2. The second-order valence-corrected chi connectivity index (χ2v) is 7.40. The second kappa shape index (κ2) is 9.14. The van der Waals surface area contributed by atoms with Crippen LogP contribution in [-0.4, -0.2) is 21.3 Å². The standard InChI is InChI=1S/C19H14Cl2N2O4S/c1-11-22-23-19(27-11)28-17(18(24)25)8-12-4-2-3-5-16(12)26-10-13-6-7-14(20)9-15(13)21/h2-9H,10H2,1H3,(H,24,25)/b17-8-. The number of aliphatic carboxylic acids is 1. The summed E-state index contributed by atoms with van der Waals surface area (Å²) in [5.74, 6) is -0.248. The van der Waals surface area contributed by atoms with Gasteiger partial charge in [0.05, 0.1) is 0 Å². The summed E-state index contributed by atoms with van der Waals surface area (Å²) < 4.78 is 11.1. The first-order chi connectivity index (χ1) is 13.4. The third-order valence-corrected chi connectivity index (χ3v) is 4.96. The number of hydrogen-bond acceptors (Lipinski definition) is 6. The lowest BCUT2D eigenvalue weighted by Crippen LogP contribution is -2.00. The Morgan fingerprint density at radius 2 is 2.04 bits per heavy atom. The monoisotopic (exact) mass is 436 g/mol. The summed E-state index contributed by atoms with van der Waals surface area (Å²) in [6.45, 7) is 1.84. The molecule has 0 aliphatic heterocycles. The number of halogens is 2. The van der Waals surface area contributed by atoms with Crippen LogP contribution in [0.2, 0.25) is 10.0 Å². The Hall–Kier alpha value is -2.48. The Kier molecular flexibility index (Phi) is 6.61. The van der Waals surface area contributed by atoms with E-state index < -0.39 is 5.97 Å². The van der Waals surface area contributed by atoms with Gasteiger partial charge in [-0.05, 0) is 36.0 Å². The van der Waals surface area contributed by atoms with Crippen LogP contribution in [0.1, 0.15) is 17.0 Å². The van der Waals surface area contributed by atoms with E-state index in [9.17, 15) is 9.90 Å². The van der Waals surface area contributed by atoms with Crippen LogP contribution in [0.3, 0.4) is 0 Å². The molecule has 0 radical (unpaired) electrons. The van der Waals surface area contributed by atoms with Gasteiger partial charge in [0.1, 0.15) is 17.3 Å². The Bertz CT molecular complexity index is 1040. The van der Waals surface area contributed by atoms with Crippen molar-refractivity contribution in [3.8, 4) is 5.75 Å². The van der Waals surface area contributed by atoms with Crippen molar-refractivity contribution >= 4 is 47.0 Å². The molecule has 0 aliphatic rings. The molecule has 6 nitrogen and oxygen atoms in total. The van der Waals surface area contributed by atoms with Crippen molar-refractivity contribution < 1.29 is 19.1 Å². The first-order valence-electron chi connectivity index (χ1n) is 8.01. The van der Waals surface area contributed by atoms with Crippen LogP contribution >= 0.6 is 35.0 Å². The summed E-state index contributed by atoms with van der Waals surface area (Å²) in [5, 5.41) is 18.2. The van der Waals surface area contributed by atoms with E-state index in [0.717, 1.165) is 17.3 Å². The van der Waals surface area contributed by atoms with Gasteiger partial charge in [-0.15, -0.1) is 10.2 Å². The number of carboxylic acid groups (broad SMARTS) is 1. The predicted octanol–water partition coefficient (Wildman–Crippen LogP) is 5.48. The molecule has 0 saturated heterocycles. The van der Waals surface area contributed by atoms with Crippen LogP contribution in [0.25, 0.3) is 6.08 Å². The van der Waals surface area contributed by atoms with Crippen LogP contribution in [0.15, 0.2) is 57.0 Å². The minimum atomic E-state index is -1.11. The molecule has 0 spiro atoms. The number of rotatable bonds is 7. The lowest BCUT2D eigenvalue weighted by atomic mass is 10.2. The molecule has 9 heteroatoms. The quantitative estimate of drug-likeness (QED) is 0.387. The normalized spacial score (nSPS) is 11.5. The Morgan fingerprint density at radius 1 is 1.25 bits per heavy atom. The van der Waals surface area contributed by atoms with E-state index >= 15 is 0 Å². The van der Waals surface area contributed by atoms with Gasteiger partial charge in [0, 0.05) is 28.1 Å². The van der Waals surface area contributed by atoms with Gasteiger partial charge < -0.3 is 14.3 Å². The van der Waals surface area contributed by atoms with Crippen molar-refractivity contribution in [2.45, 2.75) is 18.8 Å². The van der Waals surface area contributed by atoms with E-state index in [1.165, 1.54) is 6.08 Å². The summed E-state index contributed by atoms with van der Waals surface area (Å²) in [7, 11) is 0. The van der Waals surface area contributed by atoms with E-state index in [1.807, 2.05) is 0 Å². The van der Waals surface area contributed by atoms with Crippen molar-refractivity contribution in [3.63, 3.8) is 0 Å². The molecule has 2 aromatic carbocycles. The molecule has 144 valence electrons. The van der Waals surface area contributed by atoms with Gasteiger partial charge in [-0.1, -0.05) is 47.5 Å². The maximum absolute atomic E-state index is 11.6. The molecule has 3 aromatic rings. The molecule has 1 N–H and O–H groups in total. The predicted molar refractivity (Wildman–Crippen MR) is 108 cm³/mol. The first kappa shape index (κ1) is 20.3. The smallest absolute Gasteiger partial charge is 0.342 e. The second-order valence-electron chi connectivity index (χ2n) is 5.57. The summed E-state index contributed by atoms with van der Waals surface area (Å²) >= 11 is 12.9. The third-order valence-electron chi connectivity index (χ3n) is 3.52. The fourth-order valence-corrected chi connectivity index (χ4v) is 3.38. The maximum Gasteiger partial charge on any atom is 0.342 e. The highest BCUT2D eigenvalue weighted by atomic mass is 35.5. The summed E-state index contributed by atoms with van der Waals surface area (Å²) in [6, 6.07) is 12.2. The third kappa shape index (κ3) is 5.28. The first-order valence-corrected chi connectivity index (χ1v) is 9.58. The largest absolute Gasteiger partial charge is 0.488 e. The van der Waals surface area contributed by atoms with Gasteiger partial charge in [-0.3, -0.25) is 0 Å². The number of ether oxygens (including phenoxy) is 1. The van der Waals surface area contributed by atoms with Gasteiger partial charge in [0.2, 0.25) is 5.89 Å². The highest BCUT2D eigenvalue weighted by Gasteiger charge is 2.15. The number of thioether (sulfide) groups is 1. The summed E-state index contributed by atoms with van der Waals surface area (Å²) in [4.78, 5) is 11.7.